The number of aromatic nitrogens is 1. The third-order valence-electron chi connectivity index (χ3n) is 1.92. The van der Waals surface area contributed by atoms with Gasteiger partial charge in [0, 0.05) is 6.20 Å². The maximum Gasteiger partial charge on any atom is 0.223 e. The van der Waals surface area contributed by atoms with Crippen LogP contribution in [0.5, 0.6) is 0 Å². The molecule has 0 saturated heterocycles. The van der Waals surface area contributed by atoms with Crippen molar-refractivity contribution in [2.75, 3.05) is 0 Å². The Hall–Kier alpha value is -1.77. The van der Waals surface area contributed by atoms with E-state index < -0.39 is 11.8 Å². The van der Waals surface area contributed by atoms with Crippen LogP contribution < -0.4 is 0 Å². The van der Waals surface area contributed by atoms with Crippen molar-refractivity contribution in [2.45, 2.75) is 0 Å². The highest BCUT2D eigenvalue weighted by Crippen LogP contribution is 2.23. The molecule has 2 aromatic rings. The zero-order valence-corrected chi connectivity index (χ0v) is 7.24. The van der Waals surface area contributed by atoms with Crippen LogP contribution in [-0.2, 0) is 0 Å². The predicted octanol–water partition coefficient (Wildman–Crippen LogP) is 3.03. The summed E-state index contributed by atoms with van der Waals surface area (Å²) < 4.78 is 26.4. The molecule has 70 valence electrons. The quantitative estimate of drug-likeness (QED) is 0.631. The molecule has 1 aromatic heterocycles. The standard InChI is InChI=1S/C11H7F2N/c12-9-6-7-14-11(13)10(9)8-4-2-1-3-5-8/h1-7H. The molecule has 0 atom stereocenters. The van der Waals surface area contributed by atoms with E-state index in [1.807, 2.05) is 0 Å². The molecule has 1 nitrogen and oxygen atoms in total. The van der Waals surface area contributed by atoms with Gasteiger partial charge in [-0.1, -0.05) is 30.3 Å². The highest BCUT2D eigenvalue weighted by atomic mass is 19.1. The first-order valence-electron chi connectivity index (χ1n) is 4.14. The minimum atomic E-state index is -0.781. The van der Waals surface area contributed by atoms with Crippen LogP contribution in [0, 0.1) is 11.8 Å². The molecule has 0 aliphatic carbocycles. The fraction of sp³-hybridized carbons (Fsp3) is 0. The summed E-state index contributed by atoms with van der Waals surface area (Å²) in [6.07, 6.45) is 1.11. The lowest BCUT2D eigenvalue weighted by atomic mass is 10.1. The minimum absolute atomic E-state index is 0.0758. The third kappa shape index (κ3) is 1.48. The largest absolute Gasteiger partial charge is 0.228 e. The first-order chi connectivity index (χ1) is 6.79. The molecule has 14 heavy (non-hydrogen) atoms. The fourth-order valence-electron chi connectivity index (χ4n) is 1.28. The van der Waals surface area contributed by atoms with Gasteiger partial charge in [-0.25, -0.2) is 9.37 Å². The average molecular weight is 191 g/mol. The number of rotatable bonds is 1. The van der Waals surface area contributed by atoms with Crippen LogP contribution >= 0.6 is 0 Å². The molecule has 0 aliphatic heterocycles. The van der Waals surface area contributed by atoms with Crippen LogP contribution in [0.15, 0.2) is 42.6 Å². The van der Waals surface area contributed by atoms with Gasteiger partial charge in [0.2, 0.25) is 5.95 Å². The Morgan fingerprint density at radius 3 is 2.29 bits per heavy atom. The normalized spacial score (nSPS) is 10.1. The van der Waals surface area contributed by atoms with Gasteiger partial charge in [-0.05, 0) is 11.6 Å². The summed E-state index contributed by atoms with van der Waals surface area (Å²) in [7, 11) is 0. The van der Waals surface area contributed by atoms with Crippen molar-refractivity contribution in [3.05, 3.63) is 54.4 Å². The Kier molecular flexibility index (Phi) is 2.23. The number of halogens is 2. The minimum Gasteiger partial charge on any atom is -0.228 e. The lowest BCUT2D eigenvalue weighted by molar-refractivity contribution is 0.558. The smallest absolute Gasteiger partial charge is 0.223 e. The highest BCUT2D eigenvalue weighted by molar-refractivity contribution is 5.63. The lowest BCUT2D eigenvalue weighted by Gasteiger charge is -2.02. The van der Waals surface area contributed by atoms with E-state index in [0.717, 1.165) is 12.3 Å². The second-order valence-corrected chi connectivity index (χ2v) is 2.82. The average Bonchev–Trinajstić information content (AvgIpc) is 2.19. The summed E-state index contributed by atoms with van der Waals surface area (Å²) in [6, 6.07) is 9.66. The van der Waals surface area contributed by atoms with Crippen molar-refractivity contribution >= 4 is 0 Å². The summed E-state index contributed by atoms with van der Waals surface area (Å²) in [4.78, 5) is 3.41. The van der Waals surface area contributed by atoms with Crippen molar-refractivity contribution in [1.29, 1.82) is 0 Å². The van der Waals surface area contributed by atoms with Crippen LogP contribution in [0.3, 0.4) is 0 Å². The SMILES string of the molecule is Fc1ccnc(F)c1-c1ccccc1. The predicted molar refractivity (Wildman–Crippen MR) is 49.6 cm³/mol. The number of nitrogens with zero attached hydrogens (tertiary/aromatic N) is 1. The molecule has 0 amide bonds. The molecule has 1 heterocycles. The Labute approximate surface area is 80.0 Å². The number of hydrogen-bond donors (Lipinski definition) is 0. The molecular formula is C11H7F2N. The van der Waals surface area contributed by atoms with Crippen molar-refractivity contribution in [2.24, 2.45) is 0 Å². The first kappa shape index (κ1) is 8.81. The van der Waals surface area contributed by atoms with Crippen molar-refractivity contribution in [1.82, 2.24) is 4.98 Å². The molecule has 1 aromatic carbocycles. The van der Waals surface area contributed by atoms with E-state index in [1.165, 1.54) is 0 Å². The van der Waals surface area contributed by atoms with Gasteiger partial charge in [0.1, 0.15) is 5.82 Å². The van der Waals surface area contributed by atoms with Crippen molar-refractivity contribution in [3.63, 3.8) is 0 Å². The van der Waals surface area contributed by atoms with E-state index in [-0.39, 0.29) is 5.56 Å². The molecule has 0 aliphatic rings. The molecule has 0 unspecified atom stereocenters. The topological polar surface area (TPSA) is 12.9 Å². The Bertz CT molecular complexity index is 420. The maximum absolute atomic E-state index is 13.3. The van der Waals surface area contributed by atoms with Gasteiger partial charge in [0.15, 0.2) is 0 Å². The lowest BCUT2D eigenvalue weighted by Crippen LogP contribution is -1.92. The van der Waals surface area contributed by atoms with Crippen molar-refractivity contribution < 1.29 is 8.78 Å². The van der Waals surface area contributed by atoms with Gasteiger partial charge in [0.25, 0.3) is 0 Å². The molecular weight excluding hydrogens is 184 g/mol. The van der Waals surface area contributed by atoms with Crippen LogP contribution in [0.1, 0.15) is 0 Å². The summed E-state index contributed by atoms with van der Waals surface area (Å²) in [5, 5.41) is 0. The second kappa shape index (κ2) is 3.54. The van der Waals surface area contributed by atoms with Crippen LogP contribution in [0.4, 0.5) is 8.78 Å². The van der Waals surface area contributed by atoms with Crippen LogP contribution in [-0.4, -0.2) is 4.98 Å². The molecule has 0 radical (unpaired) electrons. The van der Waals surface area contributed by atoms with Gasteiger partial charge in [-0.15, -0.1) is 0 Å². The van der Waals surface area contributed by atoms with Crippen LogP contribution in [0.2, 0.25) is 0 Å². The maximum atomic E-state index is 13.3. The fourth-order valence-corrected chi connectivity index (χ4v) is 1.28. The molecule has 3 heteroatoms. The van der Waals surface area contributed by atoms with E-state index in [2.05, 4.69) is 4.98 Å². The highest BCUT2D eigenvalue weighted by Gasteiger charge is 2.10. The molecule has 0 spiro atoms. The van der Waals surface area contributed by atoms with E-state index >= 15 is 0 Å². The molecule has 0 saturated carbocycles. The van der Waals surface area contributed by atoms with Gasteiger partial charge in [0.05, 0.1) is 5.56 Å². The Morgan fingerprint density at radius 2 is 1.64 bits per heavy atom. The molecule has 0 fully saturated rings. The Morgan fingerprint density at radius 1 is 0.929 bits per heavy atom. The van der Waals surface area contributed by atoms with Gasteiger partial charge in [-0.2, -0.15) is 4.39 Å². The van der Waals surface area contributed by atoms with E-state index in [4.69, 9.17) is 0 Å². The summed E-state index contributed by atoms with van der Waals surface area (Å²) in [5.41, 5.74) is 0.420. The summed E-state index contributed by atoms with van der Waals surface area (Å²) in [5.74, 6) is -1.38. The molecule has 2 rings (SSSR count). The second-order valence-electron chi connectivity index (χ2n) is 2.82. The van der Waals surface area contributed by atoms with Crippen LogP contribution in [0.25, 0.3) is 11.1 Å². The first-order valence-corrected chi connectivity index (χ1v) is 4.14. The third-order valence-corrected chi connectivity index (χ3v) is 1.92. The van der Waals surface area contributed by atoms with Gasteiger partial charge < -0.3 is 0 Å². The zero-order chi connectivity index (χ0) is 9.97. The monoisotopic (exact) mass is 191 g/mol. The molecule has 0 bridgehead atoms. The Balaban J connectivity index is 2.63. The number of hydrogen-bond acceptors (Lipinski definition) is 1. The zero-order valence-electron chi connectivity index (χ0n) is 7.24. The molecule has 0 N–H and O–H groups in total. The van der Waals surface area contributed by atoms with E-state index in [1.54, 1.807) is 30.3 Å². The van der Waals surface area contributed by atoms with E-state index in [9.17, 15) is 8.78 Å². The number of pyridine rings is 1. The van der Waals surface area contributed by atoms with Gasteiger partial charge >= 0.3 is 0 Å². The summed E-state index contributed by atoms with van der Waals surface area (Å²) >= 11 is 0. The van der Waals surface area contributed by atoms with Gasteiger partial charge in [-0.3, -0.25) is 0 Å². The summed E-state index contributed by atoms with van der Waals surface area (Å²) in [6.45, 7) is 0. The van der Waals surface area contributed by atoms with E-state index in [0.29, 0.717) is 5.56 Å². The number of benzene rings is 1. The van der Waals surface area contributed by atoms with Crippen molar-refractivity contribution in [3.8, 4) is 11.1 Å².